The summed E-state index contributed by atoms with van der Waals surface area (Å²) < 4.78 is 0. The number of hydrogen-bond acceptors (Lipinski definition) is 2. The van der Waals surface area contributed by atoms with Gasteiger partial charge in [-0.05, 0) is 18.1 Å². The van der Waals surface area contributed by atoms with E-state index in [1.165, 1.54) is 25.7 Å². The summed E-state index contributed by atoms with van der Waals surface area (Å²) in [6, 6.07) is 5.72. The largest absolute Gasteiger partial charge is 2.00 e. The number of fused-ring (bicyclic) bond motifs is 2. The molecule has 1 aromatic rings. The number of piperidine rings is 1. The molecule has 1 aromatic carbocycles. The number of para-hydroxylation sites is 1. The van der Waals surface area contributed by atoms with Gasteiger partial charge < -0.3 is 20.8 Å². The number of rotatable bonds is 0. The number of benzene rings is 1. The second-order valence-electron chi connectivity index (χ2n) is 6.26. The van der Waals surface area contributed by atoms with Crippen molar-refractivity contribution in [2.75, 3.05) is 13.1 Å². The average molecular weight is 508 g/mol. The first kappa shape index (κ1) is 18.7. The number of phenols is 1. The minimum Gasteiger partial charge on any atom is -0.678 e. The summed E-state index contributed by atoms with van der Waals surface area (Å²) in [5, 5.41) is 27.6. The second-order valence-corrected chi connectivity index (χ2v) is 6.26. The molecular weight excluding hydrogens is 483 g/mol. The Bertz CT molecular complexity index is 534. The van der Waals surface area contributed by atoms with Crippen molar-refractivity contribution in [1.29, 1.82) is 0 Å². The molecule has 1 saturated heterocycles. The van der Waals surface area contributed by atoms with Gasteiger partial charge in [-0.2, -0.15) is 0 Å². The Labute approximate surface area is 158 Å². The van der Waals surface area contributed by atoms with Crippen LogP contribution in [-0.2, 0) is 0 Å². The first-order valence-electron chi connectivity index (χ1n) is 8.26. The van der Waals surface area contributed by atoms with Crippen molar-refractivity contribution in [3.8, 4) is 5.75 Å². The molecule has 3 atom stereocenters. The summed E-state index contributed by atoms with van der Waals surface area (Å²) in [5.41, 5.74) is 1.71. The summed E-state index contributed by atoms with van der Waals surface area (Å²) >= 11 is 0. The molecule has 2 N–H and O–H groups in total. The van der Waals surface area contributed by atoms with E-state index in [0.717, 1.165) is 24.2 Å². The van der Waals surface area contributed by atoms with E-state index < -0.39 is 0 Å². The van der Waals surface area contributed by atoms with Crippen LogP contribution in [0, 0.1) is 5.92 Å². The van der Waals surface area contributed by atoms with E-state index >= 15 is 0 Å². The maximum Gasteiger partial charge on any atom is 2.00 e. The molecular formula is C18H24N2O2Pb. The van der Waals surface area contributed by atoms with Crippen molar-refractivity contribution in [2.45, 2.75) is 44.2 Å². The van der Waals surface area contributed by atoms with Gasteiger partial charge in [0.1, 0.15) is 5.75 Å². The molecule has 4 rings (SSSR count). The first-order chi connectivity index (χ1) is 10.8. The van der Waals surface area contributed by atoms with Crippen molar-refractivity contribution >= 4 is 39.1 Å². The maximum absolute atomic E-state index is 9.61. The predicted octanol–water partition coefficient (Wildman–Crippen LogP) is 3.73. The number of nitrogens with zero attached hydrogens (tertiary/aromatic N) is 2. The van der Waals surface area contributed by atoms with Crippen molar-refractivity contribution in [3.05, 3.63) is 40.5 Å². The fraction of sp³-hybridized carbons (Fsp3) is 0.556. The van der Waals surface area contributed by atoms with E-state index in [9.17, 15) is 10.2 Å². The van der Waals surface area contributed by atoms with Gasteiger partial charge in [-0.25, -0.2) is 0 Å². The minimum absolute atomic E-state index is 0. The molecule has 2 heterocycles. The Kier molecular flexibility index (Phi) is 7.36. The summed E-state index contributed by atoms with van der Waals surface area (Å²) in [4.78, 5) is 0. The smallest absolute Gasteiger partial charge is 0.678 e. The molecule has 3 unspecified atom stereocenters. The van der Waals surface area contributed by atoms with Gasteiger partial charge in [0.2, 0.25) is 0 Å². The molecule has 1 saturated carbocycles. The van der Waals surface area contributed by atoms with Gasteiger partial charge in [0.25, 0.3) is 0 Å². The normalized spacial score (nSPS) is 28.1. The van der Waals surface area contributed by atoms with Gasteiger partial charge in [-0.1, -0.05) is 55.5 Å². The van der Waals surface area contributed by atoms with Crippen LogP contribution in [0.3, 0.4) is 0 Å². The SMILES string of the molecule is OC1CCCC2CCC[N-]C12.Oc1cccc2c1[N-]CC=C2.[Pb+2]. The zero-order chi connectivity index (χ0) is 15.4. The molecule has 0 aromatic heterocycles. The van der Waals surface area contributed by atoms with E-state index in [1.807, 2.05) is 24.3 Å². The van der Waals surface area contributed by atoms with E-state index in [2.05, 4.69) is 10.6 Å². The van der Waals surface area contributed by atoms with Gasteiger partial charge in [-0.15, -0.1) is 25.2 Å². The molecule has 2 aliphatic heterocycles. The van der Waals surface area contributed by atoms with Crippen molar-refractivity contribution in [3.63, 3.8) is 0 Å². The monoisotopic (exact) mass is 508 g/mol. The fourth-order valence-corrected chi connectivity index (χ4v) is 3.60. The van der Waals surface area contributed by atoms with Crippen LogP contribution in [-0.4, -0.2) is 62.7 Å². The van der Waals surface area contributed by atoms with Crippen LogP contribution < -0.4 is 0 Å². The molecule has 0 spiro atoms. The molecule has 1 aliphatic carbocycles. The standard InChI is InChI=1S/C9H16NO.C9H8NO.Pb/c2*11-8-5-1-3-7-4-2-6-10-9(7)8;/h7-9,11H,1-6H2;1-5,11H,6H2;/q2*-1;+2. The Morgan fingerprint density at radius 1 is 1.09 bits per heavy atom. The molecule has 2 fully saturated rings. The van der Waals surface area contributed by atoms with Gasteiger partial charge in [0, 0.05) is 6.10 Å². The minimum atomic E-state index is -0.117. The van der Waals surface area contributed by atoms with E-state index in [4.69, 9.17) is 0 Å². The third kappa shape index (κ3) is 4.70. The van der Waals surface area contributed by atoms with Gasteiger partial charge in [0.05, 0.1) is 0 Å². The molecule has 23 heavy (non-hydrogen) atoms. The molecule has 3 aliphatic rings. The number of phenolic OH excluding ortho intramolecular Hbond substituents is 1. The third-order valence-corrected chi connectivity index (χ3v) is 4.72. The van der Waals surface area contributed by atoms with E-state index in [1.54, 1.807) is 6.07 Å². The average Bonchev–Trinajstić information content (AvgIpc) is 2.57. The van der Waals surface area contributed by atoms with Crippen molar-refractivity contribution in [2.24, 2.45) is 5.92 Å². The Morgan fingerprint density at radius 2 is 1.91 bits per heavy atom. The topological polar surface area (TPSA) is 68.7 Å². The zero-order valence-electron chi connectivity index (χ0n) is 13.4. The molecule has 122 valence electrons. The van der Waals surface area contributed by atoms with Crippen LogP contribution >= 0.6 is 0 Å². The summed E-state index contributed by atoms with van der Waals surface area (Å²) in [6.45, 7) is 1.66. The van der Waals surface area contributed by atoms with Gasteiger partial charge in [-0.3, -0.25) is 0 Å². The van der Waals surface area contributed by atoms with Gasteiger partial charge >= 0.3 is 27.3 Å². The summed E-state index contributed by atoms with van der Waals surface area (Å²) in [5.74, 6) is 0.986. The van der Waals surface area contributed by atoms with Gasteiger partial charge in [0.15, 0.2) is 0 Å². The molecule has 0 bridgehead atoms. The molecule has 5 heteroatoms. The Morgan fingerprint density at radius 3 is 2.70 bits per heavy atom. The summed E-state index contributed by atoms with van der Waals surface area (Å²) in [7, 11) is 0. The van der Waals surface area contributed by atoms with E-state index in [-0.39, 0.29) is 39.2 Å². The zero-order valence-corrected chi connectivity index (χ0v) is 17.2. The third-order valence-electron chi connectivity index (χ3n) is 4.72. The fourth-order valence-electron chi connectivity index (χ4n) is 3.60. The van der Waals surface area contributed by atoms with Crippen molar-refractivity contribution in [1.82, 2.24) is 0 Å². The van der Waals surface area contributed by atoms with Crippen LogP contribution in [0.1, 0.15) is 37.7 Å². The number of hydrogen-bond donors (Lipinski definition) is 2. The molecule has 2 radical (unpaired) electrons. The quantitative estimate of drug-likeness (QED) is 0.526. The first-order valence-corrected chi connectivity index (χ1v) is 8.26. The van der Waals surface area contributed by atoms with E-state index in [0.29, 0.717) is 18.5 Å². The summed E-state index contributed by atoms with van der Waals surface area (Å²) in [6.07, 6.45) is 9.85. The van der Waals surface area contributed by atoms with Crippen LogP contribution in [0.15, 0.2) is 24.3 Å². The van der Waals surface area contributed by atoms with Crippen LogP contribution in [0.5, 0.6) is 5.75 Å². The van der Waals surface area contributed by atoms with Crippen molar-refractivity contribution < 1.29 is 10.2 Å². The Balaban J connectivity index is 0.000000160. The van der Waals surface area contributed by atoms with Crippen LogP contribution in [0.4, 0.5) is 5.69 Å². The number of aromatic hydroxyl groups is 1. The number of aliphatic hydroxyl groups excluding tert-OH is 1. The van der Waals surface area contributed by atoms with Crippen LogP contribution in [0.2, 0.25) is 0 Å². The predicted molar refractivity (Wildman–Crippen MR) is 95.4 cm³/mol. The molecule has 0 amide bonds. The second kappa shape index (κ2) is 9.03. The maximum atomic E-state index is 9.61. The number of aliphatic hydroxyl groups is 1. The van der Waals surface area contributed by atoms with Crippen LogP contribution in [0.25, 0.3) is 16.7 Å². The Hall–Kier alpha value is -0.598. The molecule has 4 nitrogen and oxygen atoms in total.